The van der Waals surface area contributed by atoms with E-state index in [0.717, 1.165) is 98.0 Å². The Labute approximate surface area is 435 Å². The van der Waals surface area contributed by atoms with E-state index in [-0.39, 0.29) is 19.8 Å². The summed E-state index contributed by atoms with van der Waals surface area (Å²) in [4.78, 5) is 24.3. The van der Waals surface area contributed by atoms with Crippen LogP contribution in [0.1, 0.15) is 22.0 Å². The Balaban J connectivity index is 0.976. The molecule has 0 aliphatic carbocycles. The number of aliphatic hydroxyl groups excluding tert-OH is 2. The minimum Gasteiger partial charge on any atom is -0.493 e. The Morgan fingerprint density at radius 1 is 0.761 bits per heavy atom. The predicted octanol–water partition coefficient (Wildman–Crippen LogP) is 10.9. The Kier molecular flexibility index (Phi) is 17.4. The second-order valence-electron chi connectivity index (χ2n) is 16.7. The van der Waals surface area contributed by atoms with Gasteiger partial charge in [-0.25, -0.2) is 19.9 Å². The van der Waals surface area contributed by atoms with E-state index in [2.05, 4.69) is 20.9 Å². The first kappa shape index (κ1) is 50.6. The van der Waals surface area contributed by atoms with Crippen LogP contribution < -0.4 is 30.3 Å². The molecule has 5 heterocycles. The largest absolute Gasteiger partial charge is 0.493 e. The number of nitrogens with zero attached hydrogens (tertiary/aromatic N) is 6. The molecule has 1 fully saturated rings. The molecule has 5 N–H and O–H groups in total. The van der Waals surface area contributed by atoms with Crippen LogP contribution in [0.4, 0.5) is 28.8 Å². The molecule has 370 valence electrons. The fourth-order valence-corrected chi connectivity index (χ4v) is 10.9. The molecule has 0 unspecified atom stereocenters. The van der Waals surface area contributed by atoms with E-state index in [1.54, 1.807) is 17.5 Å². The van der Waals surface area contributed by atoms with Gasteiger partial charge in [-0.2, -0.15) is 0 Å². The lowest BCUT2D eigenvalue weighted by molar-refractivity contribution is 0.0322. The molecule has 0 spiro atoms. The van der Waals surface area contributed by atoms with Crippen molar-refractivity contribution in [2.24, 2.45) is 0 Å². The summed E-state index contributed by atoms with van der Waals surface area (Å²) in [6, 6.07) is 29.6. The van der Waals surface area contributed by atoms with Crippen LogP contribution in [0.5, 0.6) is 11.5 Å². The number of alkyl halides is 1. The van der Waals surface area contributed by atoms with Gasteiger partial charge in [0.1, 0.15) is 45.0 Å². The first-order valence-corrected chi connectivity index (χ1v) is 26.4. The first-order valence-electron chi connectivity index (χ1n) is 23.5. The summed E-state index contributed by atoms with van der Waals surface area (Å²) in [5, 5.41) is 32.8. The number of nitrogens with one attached hydrogen (secondary N) is 3. The third-order valence-corrected chi connectivity index (χ3v) is 15.0. The molecule has 71 heavy (non-hydrogen) atoms. The molecule has 4 aromatic heterocycles. The monoisotopic (exact) mass is 1050 g/mol. The van der Waals surface area contributed by atoms with Crippen molar-refractivity contribution in [1.82, 2.24) is 30.2 Å². The van der Waals surface area contributed by atoms with Gasteiger partial charge >= 0.3 is 0 Å². The van der Waals surface area contributed by atoms with Crippen molar-refractivity contribution in [2.75, 3.05) is 93.8 Å². The Morgan fingerprint density at radius 3 is 2.28 bits per heavy atom. The van der Waals surface area contributed by atoms with E-state index in [0.29, 0.717) is 88.6 Å². The van der Waals surface area contributed by atoms with Crippen molar-refractivity contribution in [3.63, 3.8) is 0 Å². The number of rotatable bonds is 23. The van der Waals surface area contributed by atoms with Gasteiger partial charge in [-0.05, 0) is 66.4 Å². The maximum absolute atomic E-state index is 10.5. The zero-order valence-electron chi connectivity index (χ0n) is 39.1. The number of thiazole rings is 2. The average Bonchev–Trinajstić information content (AvgIpc) is 4.01. The fraction of sp³-hybridized carbons (Fsp3) is 0.308. The molecule has 1 aliphatic rings. The van der Waals surface area contributed by atoms with Crippen molar-refractivity contribution in [3.8, 4) is 33.8 Å². The molecule has 1 aliphatic heterocycles. The molecule has 1 saturated heterocycles. The van der Waals surface area contributed by atoms with Gasteiger partial charge in [0, 0.05) is 68.5 Å². The highest BCUT2D eigenvalue weighted by Crippen LogP contribution is 2.42. The summed E-state index contributed by atoms with van der Waals surface area (Å²) in [6.45, 7) is 8.72. The SMILES string of the molecule is Cc1c(OCCCCl)cccc1-c1cccc(Nc2nc(N(CCO)Cc3nc4c(Nc5cccc(-c6cccc(OCCN7CCOCC7)c6)c5Cl)nccc4s3)cc3sc(CNCCO)nc23)c1Cl. The topological polar surface area (TPSA) is 162 Å². The Bertz CT molecular complexity index is 3080. The molecule has 14 nitrogen and oxygen atoms in total. The standard InChI is InChI=1S/C52H54Cl3N9O5S2/c1-33-36(9-5-14-41(33)69-25-6-16-53)38-11-4-13-40(48(38)55)59-52-50-43(71-45(61-50)31-56-18-23-65)30-44(60-52)64(19-24-66)32-46-62-49-42(70-46)15-17-57-51(49)58-39-12-3-10-37(47(39)54)34-7-2-8-35(29-34)68-28-22-63-20-26-67-27-21-63/h2-5,7-15,17,29-30,56,65-66H,6,16,18-28,31-32H2,1H3,(H,57,58)(H,59,60). The lowest BCUT2D eigenvalue weighted by Gasteiger charge is -2.26. The van der Waals surface area contributed by atoms with E-state index in [1.165, 1.54) is 11.3 Å². The van der Waals surface area contributed by atoms with E-state index in [4.69, 9.17) is 68.9 Å². The number of aromatic nitrogens is 4. The van der Waals surface area contributed by atoms with Crippen LogP contribution >= 0.6 is 57.5 Å². The number of halogens is 3. The number of anilines is 5. The normalized spacial score (nSPS) is 13.0. The van der Waals surface area contributed by atoms with Gasteiger partial charge in [0.05, 0.1) is 70.4 Å². The molecular weight excluding hydrogens is 1000 g/mol. The van der Waals surface area contributed by atoms with Gasteiger partial charge in [0.25, 0.3) is 0 Å². The summed E-state index contributed by atoms with van der Waals surface area (Å²) >= 11 is 23.4. The summed E-state index contributed by atoms with van der Waals surface area (Å²) in [6.07, 6.45) is 2.50. The summed E-state index contributed by atoms with van der Waals surface area (Å²) in [7, 11) is 0. The molecule has 8 aromatic rings. The fourth-order valence-electron chi connectivity index (χ4n) is 8.29. The van der Waals surface area contributed by atoms with Crippen LogP contribution in [0.25, 0.3) is 42.7 Å². The van der Waals surface area contributed by atoms with Crippen molar-refractivity contribution in [2.45, 2.75) is 26.4 Å². The lowest BCUT2D eigenvalue weighted by Crippen LogP contribution is -2.38. The number of aliphatic hydroxyl groups is 2. The molecule has 19 heteroatoms. The number of benzene rings is 4. The van der Waals surface area contributed by atoms with Gasteiger partial charge in [0.2, 0.25) is 0 Å². The molecule has 4 aromatic carbocycles. The number of morpholine rings is 1. The zero-order chi connectivity index (χ0) is 49.1. The number of hydrogen-bond donors (Lipinski definition) is 5. The number of fused-ring (bicyclic) bond motifs is 2. The van der Waals surface area contributed by atoms with Crippen molar-refractivity contribution in [1.29, 1.82) is 0 Å². The quantitative estimate of drug-likeness (QED) is 0.0304. The third kappa shape index (κ3) is 12.3. The van der Waals surface area contributed by atoms with E-state index in [1.807, 2.05) is 103 Å². The van der Waals surface area contributed by atoms with Crippen LogP contribution in [-0.4, -0.2) is 113 Å². The van der Waals surface area contributed by atoms with Crippen LogP contribution in [0.3, 0.4) is 0 Å². The molecule has 0 saturated carbocycles. The maximum atomic E-state index is 10.5. The number of hydrogen-bond acceptors (Lipinski definition) is 16. The maximum Gasteiger partial charge on any atom is 0.160 e. The summed E-state index contributed by atoms with van der Waals surface area (Å²) in [5.74, 6) is 3.76. The predicted molar refractivity (Wildman–Crippen MR) is 290 cm³/mol. The average molecular weight is 1060 g/mol. The zero-order valence-corrected chi connectivity index (χ0v) is 43.0. The highest BCUT2D eigenvalue weighted by atomic mass is 35.5. The van der Waals surface area contributed by atoms with Gasteiger partial charge in [-0.1, -0.05) is 71.7 Å². The Morgan fingerprint density at radius 2 is 1.48 bits per heavy atom. The van der Waals surface area contributed by atoms with Crippen molar-refractivity contribution < 1.29 is 24.4 Å². The minimum absolute atomic E-state index is 0.0125. The third-order valence-electron chi connectivity index (χ3n) is 11.9. The molecule has 9 rings (SSSR count). The van der Waals surface area contributed by atoms with Gasteiger partial charge in [0.15, 0.2) is 11.6 Å². The highest BCUT2D eigenvalue weighted by Gasteiger charge is 2.22. The molecule has 0 bridgehead atoms. The summed E-state index contributed by atoms with van der Waals surface area (Å²) in [5.41, 5.74) is 7.22. The van der Waals surface area contributed by atoms with Gasteiger partial charge in [-0.3, -0.25) is 4.90 Å². The second-order valence-corrected chi connectivity index (χ2v) is 20.0. The van der Waals surface area contributed by atoms with Crippen LogP contribution in [0.2, 0.25) is 10.0 Å². The van der Waals surface area contributed by atoms with Crippen molar-refractivity contribution in [3.05, 3.63) is 123 Å². The lowest BCUT2D eigenvalue weighted by atomic mass is 9.99. The molecule has 0 radical (unpaired) electrons. The Hall–Kier alpha value is -5.37. The van der Waals surface area contributed by atoms with Gasteiger partial charge in [-0.15, -0.1) is 34.3 Å². The van der Waals surface area contributed by atoms with E-state index >= 15 is 0 Å². The highest BCUT2D eigenvalue weighted by molar-refractivity contribution is 7.19. The minimum atomic E-state index is -0.124. The van der Waals surface area contributed by atoms with Crippen LogP contribution in [0, 0.1) is 6.92 Å². The van der Waals surface area contributed by atoms with Crippen molar-refractivity contribution >= 4 is 107 Å². The number of pyridine rings is 2. The second kappa shape index (κ2) is 24.4. The van der Waals surface area contributed by atoms with E-state index < -0.39 is 0 Å². The molecular formula is C52H54Cl3N9O5S2. The number of ether oxygens (including phenoxy) is 3. The van der Waals surface area contributed by atoms with E-state index in [9.17, 15) is 10.2 Å². The smallest absolute Gasteiger partial charge is 0.160 e. The first-order chi connectivity index (χ1) is 34.8. The summed E-state index contributed by atoms with van der Waals surface area (Å²) < 4.78 is 19.5. The molecule has 0 atom stereocenters. The van der Waals surface area contributed by atoms with Crippen LogP contribution in [0.15, 0.2) is 97.2 Å². The molecule has 0 amide bonds. The van der Waals surface area contributed by atoms with Crippen LogP contribution in [-0.2, 0) is 17.8 Å². The van der Waals surface area contributed by atoms with Gasteiger partial charge < -0.3 is 45.3 Å².